The third kappa shape index (κ3) is 4.02. The molecular formula is C29H22N4OS. The van der Waals surface area contributed by atoms with Crippen molar-refractivity contribution in [1.82, 2.24) is 19.3 Å². The van der Waals surface area contributed by atoms with Crippen molar-refractivity contribution in [2.24, 2.45) is 0 Å². The summed E-state index contributed by atoms with van der Waals surface area (Å²) in [4.78, 5) is 13.5. The Labute approximate surface area is 207 Å². The number of carbonyl (C=O) groups is 1. The van der Waals surface area contributed by atoms with Crippen molar-refractivity contribution in [3.63, 3.8) is 0 Å². The largest absolute Gasteiger partial charge is 0.279 e. The second-order valence-electron chi connectivity index (χ2n) is 8.28. The standard InChI is InChI=1S/C29H22N4OS/c34-28(33-25-17-9-7-15-23(25)24-16-8-10-18-26(24)33)20-35-29-31-30-27(19-21-11-3-1-4-12-21)32(29)22-13-5-2-6-14-22/h1-18H,19-20H2. The molecule has 0 bridgehead atoms. The fourth-order valence-corrected chi connectivity index (χ4v) is 5.33. The lowest BCUT2D eigenvalue weighted by Crippen LogP contribution is -2.13. The molecule has 0 aliphatic carbocycles. The minimum atomic E-state index is 0.0135. The first-order valence-electron chi connectivity index (χ1n) is 11.5. The fourth-order valence-electron chi connectivity index (χ4n) is 4.51. The third-order valence-corrected chi connectivity index (χ3v) is 6.99. The lowest BCUT2D eigenvalue weighted by Gasteiger charge is -2.11. The van der Waals surface area contributed by atoms with Gasteiger partial charge in [0.25, 0.3) is 0 Å². The second-order valence-corrected chi connectivity index (χ2v) is 9.23. The van der Waals surface area contributed by atoms with Gasteiger partial charge in [0.05, 0.1) is 16.8 Å². The fraction of sp³-hybridized carbons (Fsp3) is 0.0690. The number of para-hydroxylation sites is 3. The van der Waals surface area contributed by atoms with E-state index in [1.54, 1.807) is 0 Å². The maximum absolute atomic E-state index is 13.5. The molecule has 35 heavy (non-hydrogen) atoms. The Morgan fingerprint density at radius 2 is 1.26 bits per heavy atom. The zero-order valence-corrected chi connectivity index (χ0v) is 19.7. The Morgan fingerprint density at radius 3 is 1.91 bits per heavy atom. The van der Waals surface area contributed by atoms with Crippen molar-refractivity contribution < 1.29 is 4.79 Å². The van der Waals surface area contributed by atoms with Crippen molar-refractivity contribution in [2.45, 2.75) is 11.6 Å². The van der Waals surface area contributed by atoms with E-state index in [0.29, 0.717) is 11.6 Å². The van der Waals surface area contributed by atoms with Crippen LogP contribution in [0.25, 0.3) is 27.5 Å². The average Bonchev–Trinajstić information content (AvgIpc) is 3.47. The third-order valence-electron chi connectivity index (χ3n) is 6.07. The van der Waals surface area contributed by atoms with E-state index < -0.39 is 0 Å². The Kier molecular flexibility index (Phi) is 5.64. The van der Waals surface area contributed by atoms with Gasteiger partial charge >= 0.3 is 0 Å². The minimum Gasteiger partial charge on any atom is -0.279 e. The van der Waals surface area contributed by atoms with Crippen LogP contribution in [0.1, 0.15) is 16.2 Å². The van der Waals surface area contributed by atoms with Gasteiger partial charge in [0.1, 0.15) is 5.82 Å². The smallest absolute Gasteiger partial charge is 0.242 e. The van der Waals surface area contributed by atoms with Crippen LogP contribution in [0.4, 0.5) is 0 Å². The molecule has 0 atom stereocenters. The molecular weight excluding hydrogens is 452 g/mol. The maximum atomic E-state index is 13.5. The summed E-state index contributed by atoms with van der Waals surface area (Å²) < 4.78 is 3.88. The van der Waals surface area contributed by atoms with E-state index in [-0.39, 0.29) is 11.7 Å². The van der Waals surface area contributed by atoms with Crippen LogP contribution in [0.15, 0.2) is 114 Å². The van der Waals surface area contributed by atoms with Crippen molar-refractivity contribution in [3.05, 3.63) is 121 Å². The second kappa shape index (κ2) is 9.24. The van der Waals surface area contributed by atoms with Crippen LogP contribution in [-0.4, -0.2) is 31.0 Å². The summed E-state index contributed by atoms with van der Waals surface area (Å²) in [6.45, 7) is 0. The van der Waals surface area contributed by atoms with Gasteiger partial charge in [0.15, 0.2) is 5.16 Å². The zero-order valence-electron chi connectivity index (χ0n) is 18.9. The quantitative estimate of drug-likeness (QED) is 0.262. The predicted molar refractivity (Wildman–Crippen MR) is 141 cm³/mol. The number of hydrogen-bond donors (Lipinski definition) is 0. The van der Waals surface area contributed by atoms with E-state index in [4.69, 9.17) is 0 Å². The van der Waals surface area contributed by atoms with Gasteiger partial charge < -0.3 is 0 Å². The summed E-state index contributed by atoms with van der Waals surface area (Å²) in [5, 5.41) is 11.9. The van der Waals surface area contributed by atoms with Crippen LogP contribution in [0, 0.1) is 0 Å². The monoisotopic (exact) mass is 474 g/mol. The molecule has 0 radical (unpaired) electrons. The highest BCUT2D eigenvalue weighted by Gasteiger charge is 2.19. The molecule has 0 aliphatic rings. The summed E-state index contributed by atoms with van der Waals surface area (Å²) in [5.74, 6) is 1.10. The molecule has 0 spiro atoms. The van der Waals surface area contributed by atoms with Crippen LogP contribution in [0.5, 0.6) is 0 Å². The molecule has 0 saturated carbocycles. The molecule has 0 aliphatic heterocycles. The molecule has 0 N–H and O–H groups in total. The molecule has 0 fully saturated rings. The maximum Gasteiger partial charge on any atom is 0.242 e. The summed E-state index contributed by atoms with van der Waals surface area (Å²) in [6.07, 6.45) is 0.657. The zero-order chi connectivity index (χ0) is 23.6. The van der Waals surface area contributed by atoms with Gasteiger partial charge in [-0.2, -0.15) is 0 Å². The highest BCUT2D eigenvalue weighted by Crippen LogP contribution is 2.30. The molecule has 5 nitrogen and oxygen atoms in total. The van der Waals surface area contributed by atoms with Crippen molar-refractivity contribution in [2.75, 3.05) is 5.75 Å². The molecule has 0 amide bonds. The normalized spacial score (nSPS) is 11.3. The number of thioether (sulfide) groups is 1. The van der Waals surface area contributed by atoms with Gasteiger partial charge in [0, 0.05) is 22.9 Å². The SMILES string of the molecule is O=C(CSc1nnc(Cc2ccccc2)n1-c1ccccc1)n1c2ccccc2c2ccccc21. The molecule has 2 aromatic heterocycles. The Morgan fingerprint density at radius 1 is 0.686 bits per heavy atom. The molecule has 0 unspecified atom stereocenters. The van der Waals surface area contributed by atoms with Gasteiger partial charge in [-0.05, 0) is 29.8 Å². The number of fused-ring (bicyclic) bond motifs is 3. The van der Waals surface area contributed by atoms with Gasteiger partial charge in [-0.3, -0.25) is 13.9 Å². The van der Waals surface area contributed by atoms with Gasteiger partial charge in [-0.1, -0.05) is 96.7 Å². The van der Waals surface area contributed by atoms with Gasteiger partial charge in [0.2, 0.25) is 5.91 Å². The topological polar surface area (TPSA) is 52.7 Å². The first kappa shape index (κ1) is 21.4. The summed E-state index contributed by atoms with van der Waals surface area (Å²) in [5.41, 5.74) is 3.99. The van der Waals surface area contributed by atoms with Crippen LogP contribution >= 0.6 is 11.8 Å². The van der Waals surface area contributed by atoms with Crippen molar-refractivity contribution >= 4 is 39.5 Å². The van der Waals surface area contributed by atoms with Crippen LogP contribution in [0.3, 0.4) is 0 Å². The van der Waals surface area contributed by atoms with E-state index in [9.17, 15) is 4.79 Å². The van der Waals surface area contributed by atoms with Crippen LogP contribution in [-0.2, 0) is 6.42 Å². The Bertz CT molecular complexity index is 1580. The molecule has 6 heteroatoms. The van der Waals surface area contributed by atoms with Crippen molar-refractivity contribution in [1.29, 1.82) is 0 Å². The number of rotatable bonds is 6. The summed E-state index contributed by atoms with van der Waals surface area (Å²) in [7, 11) is 0. The van der Waals surface area contributed by atoms with Crippen molar-refractivity contribution in [3.8, 4) is 5.69 Å². The van der Waals surface area contributed by atoms with E-state index in [2.05, 4.69) is 39.0 Å². The lowest BCUT2D eigenvalue weighted by atomic mass is 10.1. The summed E-state index contributed by atoms with van der Waals surface area (Å²) in [6, 6.07) is 36.4. The van der Waals surface area contributed by atoms with Gasteiger partial charge in [-0.15, -0.1) is 10.2 Å². The first-order chi connectivity index (χ1) is 17.3. The number of nitrogens with zero attached hydrogens (tertiary/aromatic N) is 4. The molecule has 170 valence electrons. The lowest BCUT2D eigenvalue weighted by molar-refractivity contribution is 0.0951. The van der Waals surface area contributed by atoms with E-state index >= 15 is 0 Å². The molecule has 4 aromatic carbocycles. The molecule has 2 heterocycles. The number of benzene rings is 4. The molecule has 6 aromatic rings. The average molecular weight is 475 g/mol. The van der Waals surface area contributed by atoms with Gasteiger partial charge in [-0.25, -0.2) is 0 Å². The van der Waals surface area contributed by atoms with E-state index in [0.717, 1.165) is 38.9 Å². The highest BCUT2D eigenvalue weighted by atomic mass is 32.2. The molecule has 0 saturated heterocycles. The highest BCUT2D eigenvalue weighted by molar-refractivity contribution is 7.99. The predicted octanol–water partition coefficient (Wildman–Crippen LogP) is 6.40. The minimum absolute atomic E-state index is 0.0135. The van der Waals surface area contributed by atoms with Crippen LogP contribution in [0.2, 0.25) is 0 Å². The number of carbonyl (C=O) groups excluding carboxylic acids is 1. The first-order valence-corrected chi connectivity index (χ1v) is 12.5. The number of aromatic nitrogens is 4. The Balaban J connectivity index is 1.34. The Hall–Kier alpha value is -4.16. The summed E-state index contributed by atoms with van der Waals surface area (Å²) >= 11 is 1.42. The van der Waals surface area contributed by atoms with E-state index in [1.165, 1.54) is 11.8 Å². The number of hydrogen-bond acceptors (Lipinski definition) is 4. The van der Waals surface area contributed by atoms with Crippen LogP contribution < -0.4 is 0 Å². The molecule has 6 rings (SSSR count). The van der Waals surface area contributed by atoms with E-state index in [1.807, 2.05) is 89.5 Å².